The van der Waals surface area contributed by atoms with Crippen LogP contribution in [0.5, 0.6) is 0 Å². The van der Waals surface area contributed by atoms with Crippen molar-refractivity contribution >= 4 is 17.0 Å². The molecule has 2 rings (SSSR count). The van der Waals surface area contributed by atoms with Crippen LogP contribution in [0.25, 0.3) is 11.0 Å². The first kappa shape index (κ1) is 14.4. The highest BCUT2D eigenvalue weighted by atomic mass is 16.3. The van der Waals surface area contributed by atoms with E-state index in [1.807, 2.05) is 31.2 Å². The lowest BCUT2D eigenvalue weighted by molar-refractivity contribution is 0.156. The number of hydrogen-bond donors (Lipinski definition) is 2. The molecule has 1 unspecified atom stereocenters. The van der Waals surface area contributed by atoms with Crippen molar-refractivity contribution in [3.8, 4) is 0 Å². The van der Waals surface area contributed by atoms with Crippen LogP contribution in [0.15, 0.2) is 28.7 Å². The molecule has 0 radical (unpaired) electrons. The molecule has 108 valence electrons. The Kier molecular flexibility index (Phi) is 4.29. The number of aryl methyl sites for hydroxylation is 1. The molecular formula is C15H20N2O3. The fraction of sp³-hybridized carbons (Fsp3) is 0.400. The van der Waals surface area contributed by atoms with Crippen LogP contribution >= 0.6 is 0 Å². The van der Waals surface area contributed by atoms with Gasteiger partial charge in [-0.1, -0.05) is 18.2 Å². The van der Waals surface area contributed by atoms with Crippen molar-refractivity contribution in [2.75, 3.05) is 13.7 Å². The molecule has 2 aromatic rings. The van der Waals surface area contributed by atoms with Gasteiger partial charge in [0.05, 0.1) is 19.2 Å². The van der Waals surface area contributed by atoms with Gasteiger partial charge >= 0.3 is 6.03 Å². The fourth-order valence-electron chi connectivity index (χ4n) is 2.00. The van der Waals surface area contributed by atoms with Crippen LogP contribution in [0, 0.1) is 6.92 Å². The summed E-state index contributed by atoms with van der Waals surface area (Å²) >= 11 is 0. The van der Waals surface area contributed by atoms with Gasteiger partial charge in [0.1, 0.15) is 11.3 Å². The van der Waals surface area contributed by atoms with E-state index in [0.29, 0.717) is 6.54 Å². The number of furan rings is 1. The third kappa shape index (κ3) is 2.77. The molecule has 2 amide bonds. The normalized spacial score (nSPS) is 12.4. The number of benzene rings is 1. The van der Waals surface area contributed by atoms with E-state index in [2.05, 4.69) is 5.32 Å². The second-order valence-electron chi connectivity index (χ2n) is 4.95. The number of carbonyl (C=O) groups excluding carboxylic acids is 1. The lowest BCUT2D eigenvalue weighted by Crippen LogP contribution is -2.43. The summed E-state index contributed by atoms with van der Waals surface area (Å²) in [5.74, 6) is 0.754. The molecule has 5 nitrogen and oxygen atoms in total. The fourth-order valence-corrected chi connectivity index (χ4v) is 2.00. The standard InChI is InChI=1S/C15H20N2O3/c1-10(9-18)17(3)15(19)16-8-14-11(2)12-6-4-5-7-13(12)20-14/h4-7,10,18H,8-9H2,1-3H3,(H,16,19). The highest BCUT2D eigenvalue weighted by Crippen LogP contribution is 2.24. The molecule has 0 aliphatic heterocycles. The van der Waals surface area contributed by atoms with Crippen molar-refractivity contribution in [3.05, 3.63) is 35.6 Å². The number of hydrogen-bond acceptors (Lipinski definition) is 3. The Labute approximate surface area is 118 Å². The molecule has 0 aliphatic carbocycles. The van der Waals surface area contributed by atoms with Crippen molar-refractivity contribution in [2.24, 2.45) is 0 Å². The van der Waals surface area contributed by atoms with E-state index < -0.39 is 0 Å². The van der Waals surface area contributed by atoms with E-state index in [9.17, 15) is 4.79 Å². The molecule has 1 heterocycles. The summed E-state index contributed by atoms with van der Waals surface area (Å²) in [5.41, 5.74) is 1.87. The molecule has 1 aromatic heterocycles. The highest BCUT2D eigenvalue weighted by molar-refractivity contribution is 5.82. The smallest absolute Gasteiger partial charge is 0.317 e. The number of aliphatic hydroxyl groups is 1. The average molecular weight is 276 g/mol. The van der Waals surface area contributed by atoms with Gasteiger partial charge in [0.25, 0.3) is 0 Å². The number of carbonyl (C=O) groups is 1. The van der Waals surface area contributed by atoms with Crippen LogP contribution < -0.4 is 5.32 Å². The van der Waals surface area contributed by atoms with Gasteiger partial charge in [-0.15, -0.1) is 0 Å². The molecule has 0 saturated carbocycles. The maximum Gasteiger partial charge on any atom is 0.317 e. The maximum absolute atomic E-state index is 11.9. The first-order valence-electron chi connectivity index (χ1n) is 6.63. The predicted octanol–water partition coefficient (Wildman–Crippen LogP) is 2.26. The van der Waals surface area contributed by atoms with Crippen LogP contribution in [0.4, 0.5) is 4.79 Å². The Morgan fingerprint density at radius 2 is 2.15 bits per heavy atom. The highest BCUT2D eigenvalue weighted by Gasteiger charge is 2.16. The minimum Gasteiger partial charge on any atom is -0.459 e. The largest absolute Gasteiger partial charge is 0.459 e. The summed E-state index contributed by atoms with van der Waals surface area (Å²) in [6.07, 6.45) is 0. The number of nitrogens with zero attached hydrogens (tertiary/aromatic N) is 1. The maximum atomic E-state index is 11.9. The van der Waals surface area contributed by atoms with Gasteiger partial charge in [-0.05, 0) is 19.9 Å². The molecule has 0 fully saturated rings. The van der Waals surface area contributed by atoms with Gasteiger partial charge < -0.3 is 19.7 Å². The van der Waals surface area contributed by atoms with Crippen molar-refractivity contribution in [1.82, 2.24) is 10.2 Å². The summed E-state index contributed by atoms with van der Waals surface area (Å²) < 4.78 is 5.73. The third-order valence-electron chi connectivity index (χ3n) is 3.59. The number of aliphatic hydroxyl groups excluding tert-OH is 1. The molecule has 0 saturated heterocycles. The van der Waals surface area contributed by atoms with Gasteiger partial charge in [-0.2, -0.15) is 0 Å². The molecular weight excluding hydrogens is 256 g/mol. The molecule has 0 bridgehead atoms. The second kappa shape index (κ2) is 5.96. The van der Waals surface area contributed by atoms with E-state index in [0.717, 1.165) is 22.3 Å². The quantitative estimate of drug-likeness (QED) is 0.900. The predicted molar refractivity (Wildman–Crippen MR) is 77.5 cm³/mol. The Bertz CT molecular complexity index is 606. The number of rotatable bonds is 4. The van der Waals surface area contributed by atoms with Crippen molar-refractivity contribution in [3.63, 3.8) is 0 Å². The lowest BCUT2D eigenvalue weighted by Gasteiger charge is -2.23. The zero-order valence-electron chi connectivity index (χ0n) is 12.0. The molecule has 0 aliphatic rings. The summed E-state index contributed by atoms with van der Waals surface area (Å²) in [6.45, 7) is 4.04. The molecule has 1 aromatic carbocycles. The molecule has 1 atom stereocenters. The first-order chi connectivity index (χ1) is 9.54. The van der Waals surface area contributed by atoms with Gasteiger partial charge in [-0.3, -0.25) is 0 Å². The van der Waals surface area contributed by atoms with E-state index >= 15 is 0 Å². The second-order valence-corrected chi connectivity index (χ2v) is 4.95. The molecule has 20 heavy (non-hydrogen) atoms. The van der Waals surface area contributed by atoms with E-state index in [1.54, 1.807) is 14.0 Å². The van der Waals surface area contributed by atoms with E-state index in [4.69, 9.17) is 9.52 Å². The van der Waals surface area contributed by atoms with Gasteiger partial charge in [0.2, 0.25) is 0 Å². The van der Waals surface area contributed by atoms with E-state index in [-0.39, 0.29) is 18.7 Å². The van der Waals surface area contributed by atoms with Gasteiger partial charge in [0.15, 0.2) is 0 Å². The Balaban J connectivity index is 2.06. The topological polar surface area (TPSA) is 65.7 Å². The Morgan fingerprint density at radius 3 is 2.80 bits per heavy atom. The summed E-state index contributed by atoms with van der Waals surface area (Å²) in [7, 11) is 1.65. The number of fused-ring (bicyclic) bond motifs is 1. The van der Waals surface area contributed by atoms with Crippen molar-refractivity contribution in [2.45, 2.75) is 26.4 Å². The summed E-state index contributed by atoms with van der Waals surface area (Å²) in [4.78, 5) is 13.4. The van der Waals surface area contributed by atoms with Crippen LogP contribution in [0.1, 0.15) is 18.2 Å². The van der Waals surface area contributed by atoms with Crippen molar-refractivity contribution in [1.29, 1.82) is 0 Å². The summed E-state index contributed by atoms with van der Waals surface area (Å²) in [5, 5.41) is 12.9. The van der Waals surface area contributed by atoms with Crippen molar-refractivity contribution < 1.29 is 14.3 Å². The average Bonchev–Trinajstić information content (AvgIpc) is 2.80. The summed E-state index contributed by atoms with van der Waals surface area (Å²) in [6, 6.07) is 7.35. The Hall–Kier alpha value is -2.01. The van der Waals surface area contributed by atoms with Crippen LogP contribution in [-0.4, -0.2) is 35.7 Å². The monoisotopic (exact) mass is 276 g/mol. The molecule has 0 spiro atoms. The van der Waals surface area contributed by atoms with E-state index in [1.165, 1.54) is 4.90 Å². The molecule has 2 N–H and O–H groups in total. The zero-order chi connectivity index (χ0) is 14.7. The number of para-hydroxylation sites is 1. The number of nitrogens with one attached hydrogen (secondary N) is 1. The number of amides is 2. The zero-order valence-corrected chi connectivity index (χ0v) is 12.0. The third-order valence-corrected chi connectivity index (χ3v) is 3.59. The lowest BCUT2D eigenvalue weighted by atomic mass is 10.1. The van der Waals surface area contributed by atoms with Crippen LogP contribution in [-0.2, 0) is 6.54 Å². The minimum atomic E-state index is -0.230. The first-order valence-corrected chi connectivity index (χ1v) is 6.63. The van der Waals surface area contributed by atoms with Gasteiger partial charge in [-0.25, -0.2) is 4.79 Å². The number of likely N-dealkylation sites (N-methyl/N-ethyl adjacent to an activating group) is 1. The molecule has 5 heteroatoms. The minimum absolute atomic E-state index is 0.0619. The van der Waals surface area contributed by atoms with Crippen LogP contribution in [0.2, 0.25) is 0 Å². The van der Waals surface area contributed by atoms with Crippen LogP contribution in [0.3, 0.4) is 0 Å². The Morgan fingerprint density at radius 1 is 1.45 bits per heavy atom. The van der Waals surface area contributed by atoms with Gasteiger partial charge in [0, 0.05) is 18.0 Å². The SMILES string of the molecule is Cc1c(CNC(=O)N(C)C(C)CO)oc2ccccc12. The number of urea groups is 1.